The first-order valence-electron chi connectivity index (χ1n) is 5.27. The van der Waals surface area contributed by atoms with Crippen LogP contribution < -0.4 is 0 Å². The average molecular weight is 275 g/mol. The van der Waals surface area contributed by atoms with Gasteiger partial charge in [0.2, 0.25) is 5.00 Å². The highest BCUT2D eigenvalue weighted by Crippen LogP contribution is 2.50. The molecule has 2 rings (SSSR count). The third kappa shape index (κ3) is 1.89. The first kappa shape index (κ1) is 13.3. The smallest absolute Gasteiger partial charge is 0.302 e. The van der Waals surface area contributed by atoms with Gasteiger partial charge in [0.25, 0.3) is 0 Å². The van der Waals surface area contributed by atoms with Gasteiger partial charge in [0.15, 0.2) is 0 Å². The fraction of sp³-hybridized carbons (Fsp3) is 0.333. The average Bonchev–Trinajstić information content (AvgIpc) is 2.33. The van der Waals surface area contributed by atoms with E-state index in [1.54, 1.807) is 18.2 Å². The molecule has 0 aliphatic heterocycles. The molecule has 1 aliphatic carbocycles. The number of hydrogen-bond donors (Lipinski definition) is 0. The minimum atomic E-state index is -3.99. The van der Waals surface area contributed by atoms with Crippen molar-refractivity contribution in [3.63, 3.8) is 0 Å². The molecule has 1 aliphatic rings. The van der Waals surface area contributed by atoms with E-state index in [1.165, 1.54) is 12.1 Å². The monoisotopic (exact) mass is 275 g/mol. The Kier molecular flexibility index (Phi) is 3.33. The lowest BCUT2D eigenvalue weighted by Crippen LogP contribution is -2.52. The van der Waals surface area contributed by atoms with Gasteiger partial charge in [-0.3, -0.25) is 4.21 Å². The fourth-order valence-corrected chi connectivity index (χ4v) is 2.59. The molecule has 1 aromatic carbocycles. The Morgan fingerprint density at radius 1 is 1.22 bits per heavy atom. The molecule has 6 heteroatoms. The van der Waals surface area contributed by atoms with Crippen molar-refractivity contribution >= 4 is 11.1 Å². The molecule has 0 saturated carbocycles. The SMILES string of the molecule is O=S([O-])C1(F)CC=CC(c2ccccc2)C1(F)F. The fourth-order valence-electron chi connectivity index (χ4n) is 2.00. The van der Waals surface area contributed by atoms with Crippen LogP contribution in [0.3, 0.4) is 0 Å². The van der Waals surface area contributed by atoms with Crippen molar-refractivity contribution < 1.29 is 21.9 Å². The lowest BCUT2D eigenvalue weighted by molar-refractivity contribution is -0.109. The number of hydrogen-bond acceptors (Lipinski definition) is 2. The van der Waals surface area contributed by atoms with Gasteiger partial charge >= 0.3 is 5.92 Å². The van der Waals surface area contributed by atoms with E-state index in [0.29, 0.717) is 0 Å². The summed E-state index contributed by atoms with van der Waals surface area (Å²) in [4.78, 5) is 0. The highest BCUT2D eigenvalue weighted by molar-refractivity contribution is 7.80. The molecule has 0 bridgehead atoms. The van der Waals surface area contributed by atoms with E-state index in [-0.39, 0.29) is 5.56 Å². The highest BCUT2D eigenvalue weighted by atomic mass is 32.2. The van der Waals surface area contributed by atoms with E-state index in [9.17, 15) is 21.9 Å². The number of allylic oxidation sites excluding steroid dienone is 2. The van der Waals surface area contributed by atoms with E-state index in [4.69, 9.17) is 0 Å². The van der Waals surface area contributed by atoms with Crippen molar-refractivity contribution in [1.29, 1.82) is 0 Å². The van der Waals surface area contributed by atoms with Crippen molar-refractivity contribution in [3.8, 4) is 0 Å². The molecular weight excluding hydrogens is 265 g/mol. The first-order chi connectivity index (χ1) is 8.39. The molecule has 0 spiro atoms. The third-order valence-electron chi connectivity index (χ3n) is 3.02. The predicted octanol–water partition coefficient (Wildman–Crippen LogP) is 2.91. The lowest BCUT2D eigenvalue weighted by atomic mass is 9.84. The summed E-state index contributed by atoms with van der Waals surface area (Å²) >= 11 is -3.50. The number of rotatable bonds is 2. The minimum absolute atomic E-state index is 0.186. The second kappa shape index (κ2) is 4.51. The molecule has 0 heterocycles. The molecule has 3 unspecified atom stereocenters. The molecule has 98 valence electrons. The first-order valence-corrected chi connectivity index (χ1v) is 6.35. The second-order valence-electron chi connectivity index (χ2n) is 4.11. The van der Waals surface area contributed by atoms with Gasteiger partial charge in [-0.1, -0.05) is 42.5 Å². The molecule has 18 heavy (non-hydrogen) atoms. The Morgan fingerprint density at radius 2 is 1.83 bits per heavy atom. The van der Waals surface area contributed by atoms with Gasteiger partial charge in [0.05, 0.1) is 5.92 Å². The number of halogens is 3. The molecular formula is C12H10F3O2S-. The maximum atomic E-state index is 14.0. The van der Waals surface area contributed by atoms with Gasteiger partial charge in [-0.25, -0.2) is 13.2 Å². The molecule has 0 amide bonds. The Morgan fingerprint density at radius 3 is 2.39 bits per heavy atom. The van der Waals surface area contributed by atoms with Crippen molar-refractivity contribution in [2.45, 2.75) is 23.3 Å². The van der Waals surface area contributed by atoms with Crippen LogP contribution in [0.4, 0.5) is 13.2 Å². The van der Waals surface area contributed by atoms with Gasteiger partial charge in [0.1, 0.15) is 0 Å². The van der Waals surface area contributed by atoms with E-state index in [2.05, 4.69) is 0 Å². The summed E-state index contributed by atoms with van der Waals surface area (Å²) in [6.45, 7) is 0. The summed E-state index contributed by atoms with van der Waals surface area (Å²) in [5.41, 5.74) is 0.186. The van der Waals surface area contributed by atoms with Crippen molar-refractivity contribution in [1.82, 2.24) is 0 Å². The Balaban J connectivity index is 2.48. The summed E-state index contributed by atoms with van der Waals surface area (Å²) in [6.07, 6.45) is 1.46. The molecule has 0 fully saturated rings. The predicted molar refractivity (Wildman–Crippen MR) is 60.6 cm³/mol. The van der Waals surface area contributed by atoms with Crippen LogP contribution in [-0.2, 0) is 11.1 Å². The van der Waals surface area contributed by atoms with Crippen LogP contribution in [0.5, 0.6) is 0 Å². The van der Waals surface area contributed by atoms with Crippen LogP contribution >= 0.6 is 0 Å². The molecule has 0 N–H and O–H groups in total. The van der Waals surface area contributed by atoms with Crippen LogP contribution in [0.15, 0.2) is 42.5 Å². The summed E-state index contributed by atoms with van der Waals surface area (Å²) in [7, 11) is 0. The molecule has 0 radical (unpaired) electrons. The van der Waals surface area contributed by atoms with E-state index >= 15 is 0 Å². The number of alkyl halides is 3. The molecule has 1 aromatic rings. The van der Waals surface area contributed by atoms with E-state index < -0.39 is 34.3 Å². The molecule has 2 nitrogen and oxygen atoms in total. The third-order valence-corrected chi connectivity index (χ3v) is 3.99. The normalized spacial score (nSPS) is 32.1. The zero-order valence-corrected chi connectivity index (χ0v) is 10.0. The van der Waals surface area contributed by atoms with Gasteiger partial charge in [-0.05, 0) is 16.6 Å². The standard InChI is InChI=1S/C12H11F3O2S/c13-11(18(16)17)8-4-7-10(12(11,14)15)9-5-2-1-3-6-9/h1-7,10H,8H2,(H,16,17)/p-1. The highest BCUT2D eigenvalue weighted by Gasteiger charge is 2.61. The molecule has 0 aromatic heterocycles. The maximum Gasteiger partial charge on any atom is 0.302 e. The largest absolute Gasteiger partial charge is 0.770 e. The van der Waals surface area contributed by atoms with Crippen LogP contribution in [-0.4, -0.2) is 19.7 Å². The summed E-state index contributed by atoms with van der Waals surface area (Å²) in [6, 6.07) is 7.57. The van der Waals surface area contributed by atoms with Crippen LogP contribution in [0.2, 0.25) is 0 Å². The van der Waals surface area contributed by atoms with Gasteiger partial charge < -0.3 is 4.55 Å². The lowest BCUT2D eigenvalue weighted by Gasteiger charge is -2.40. The van der Waals surface area contributed by atoms with Crippen molar-refractivity contribution in [3.05, 3.63) is 48.0 Å². The Hall–Kier alpha value is -1.14. The zero-order chi connectivity index (χ0) is 13.4. The Labute approximate surface area is 105 Å². The topological polar surface area (TPSA) is 40.1 Å². The molecule has 0 saturated heterocycles. The van der Waals surface area contributed by atoms with Crippen molar-refractivity contribution in [2.24, 2.45) is 0 Å². The number of benzene rings is 1. The Bertz CT molecular complexity index is 489. The van der Waals surface area contributed by atoms with Gasteiger partial charge in [0, 0.05) is 6.42 Å². The van der Waals surface area contributed by atoms with Gasteiger partial charge in [-0.15, -0.1) is 0 Å². The van der Waals surface area contributed by atoms with Crippen LogP contribution in [0, 0.1) is 0 Å². The molecule has 3 atom stereocenters. The quantitative estimate of drug-likeness (QED) is 0.615. The van der Waals surface area contributed by atoms with E-state index in [1.807, 2.05) is 0 Å². The summed E-state index contributed by atoms with van der Waals surface area (Å²) < 4.78 is 63.6. The van der Waals surface area contributed by atoms with E-state index in [0.717, 1.165) is 12.2 Å². The van der Waals surface area contributed by atoms with Crippen LogP contribution in [0.25, 0.3) is 0 Å². The minimum Gasteiger partial charge on any atom is -0.770 e. The van der Waals surface area contributed by atoms with Crippen molar-refractivity contribution in [2.75, 3.05) is 0 Å². The maximum absolute atomic E-state index is 14.0. The summed E-state index contributed by atoms with van der Waals surface area (Å²) in [5, 5.41) is -3.55. The summed E-state index contributed by atoms with van der Waals surface area (Å²) in [5.74, 6) is -5.56. The van der Waals surface area contributed by atoms with Gasteiger partial charge in [-0.2, -0.15) is 0 Å². The van der Waals surface area contributed by atoms with Crippen LogP contribution in [0.1, 0.15) is 17.9 Å². The zero-order valence-electron chi connectivity index (χ0n) is 9.18. The second-order valence-corrected chi connectivity index (χ2v) is 5.22.